The summed E-state index contributed by atoms with van der Waals surface area (Å²) in [5, 5.41) is 3.02. The summed E-state index contributed by atoms with van der Waals surface area (Å²) in [5.41, 5.74) is 1.26. The number of nitrogens with zero attached hydrogens (tertiary/aromatic N) is 2. The molecule has 0 saturated carbocycles. The maximum absolute atomic E-state index is 13.0. The van der Waals surface area contributed by atoms with E-state index in [0.717, 1.165) is 19.5 Å². The summed E-state index contributed by atoms with van der Waals surface area (Å²) < 4.78 is 32.6. The van der Waals surface area contributed by atoms with Gasteiger partial charge in [-0.2, -0.15) is 4.31 Å². The van der Waals surface area contributed by atoms with E-state index in [2.05, 4.69) is 22.3 Å². The lowest BCUT2D eigenvalue weighted by atomic mass is 10.1. The van der Waals surface area contributed by atoms with Gasteiger partial charge in [-0.3, -0.25) is 4.79 Å². The summed E-state index contributed by atoms with van der Waals surface area (Å²) in [7, 11) is -3.86. The standard InChI is InChI=1S/C22H25Cl2N3O4S/c23-19-13-20(24)21(32(29,30)27-8-10-31-11-9-27)12-18(19)22(28)25-14-16-6-7-26(15-16)17-4-2-1-3-5-17/h1-5,12-13,16H,6-11,14-15H2,(H,25,28). The molecule has 2 aromatic rings. The lowest BCUT2D eigenvalue weighted by Crippen LogP contribution is -2.40. The van der Waals surface area contributed by atoms with Crippen LogP contribution in [0.2, 0.25) is 10.0 Å². The molecule has 0 bridgehead atoms. The van der Waals surface area contributed by atoms with Gasteiger partial charge < -0.3 is 15.0 Å². The van der Waals surface area contributed by atoms with Gasteiger partial charge in [-0.1, -0.05) is 41.4 Å². The van der Waals surface area contributed by atoms with Gasteiger partial charge >= 0.3 is 0 Å². The minimum Gasteiger partial charge on any atom is -0.379 e. The van der Waals surface area contributed by atoms with E-state index in [0.29, 0.717) is 25.7 Å². The van der Waals surface area contributed by atoms with E-state index < -0.39 is 15.9 Å². The van der Waals surface area contributed by atoms with E-state index in [1.54, 1.807) is 0 Å². The number of amides is 1. The molecule has 0 aromatic heterocycles. The van der Waals surface area contributed by atoms with Crippen LogP contribution < -0.4 is 10.2 Å². The quantitative estimate of drug-likeness (QED) is 0.662. The number of anilines is 1. The van der Waals surface area contributed by atoms with Crippen LogP contribution in [0.1, 0.15) is 16.8 Å². The molecule has 2 aliphatic heterocycles. The molecule has 1 atom stereocenters. The second-order valence-corrected chi connectivity index (χ2v) is 10.6. The van der Waals surface area contributed by atoms with Gasteiger partial charge in [0.2, 0.25) is 10.0 Å². The molecular formula is C22H25Cl2N3O4S. The van der Waals surface area contributed by atoms with Crippen molar-refractivity contribution in [1.82, 2.24) is 9.62 Å². The third-order valence-electron chi connectivity index (χ3n) is 5.81. The monoisotopic (exact) mass is 497 g/mol. The molecule has 32 heavy (non-hydrogen) atoms. The van der Waals surface area contributed by atoms with Crippen LogP contribution in [0.15, 0.2) is 47.4 Å². The van der Waals surface area contributed by atoms with E-state index in [1.807, 2.05) is 18.2 Å². The Morgan fingerprint density at radius 1 is 1.06 bits per heavy atom. The zero-order valence-corrected chi connectivity index (χ0v) is 19.8. The number of rotatable bonds is 6. The van der Waals surface area contributed by atoms with Crippen molar-refractivity contribution in [2.75, 3.05) is 50.8 Å². The Labute approximate surface area is 198 Å². The molecule has 4 rings (SSSR count). The summed E-state index contributed by atoms with van der Waals surface area (Å²) in [4.78, 5) is 15.0. The number of morpholine rings is 1. The van der Waals surface area contributed by atoms with Crippen molar-refractivity contribution in [2.24, 2.45) is 5.92 Å². The molecule has 0 radical (unpaired) electrons. The molecule has 2 heterocycles. The molecule has 1 N–H and O–H groups in total. The lowest BCUT2D eigenvalue weighted by molar-refractivity contribution is 0.0730. The molecule has 2 saturated heterocycles. The third kappa shape index (κ3) is 5.05. The van der Waals surface area contributed by atoms with Gasteiger partial charge in [0.15, 0.2) is 0 Å². The van der Waals surface area contributed by atoms with Crippen molar-refractivity contribution in [2.45, 2.75) is 11.3 Å². The minimum atomic E-state index is -3.86. The number of para-hydroxylation sites is 1. The summed E-state index contributed by atoms with van der Waals surface area (Å²) in [5.74, 6) is -0.120. The maximum atomic E-state index is 13.0. The van der Waals surface area contributed by atoms with E-state index in [1.165, 1.54) is 22.1 Å². The van der Waals surface area contributed by atoms with Gasteiger partial charge in [-0.15, -0.1) is 0 Å². The largest absolute Gasteiger partial charge is 0.379 e. The van der Waals surface area contributed by atoms with E-state index in [-0.39, 0.29) is 33.6 Å². The van der Waals surface area contributed by atoms with Crippen molar-refractivity contribution in [3.05, 3.63) is 58.1 Å². The number of benzene rings is 2. The molecular weight excluding hydrogens is 473 g/mol. The number of carbonyl (C=O) groups excluding carboxylic acids is 1. The van der Waals surface area contributed by atoms with Gasteiger partial charge in [-0.05, 0) is 36.6 Å². The number of ether oxygens (including phenoxy) is 1. The van der Waals surface area contributed by atoms with Crippen LogP contribution in [-0.4, -0.2) is 64.6 Å². The molecule has 2 aliphatic rings. The van der Waals surface area contributed by atoms with Gasteiger partial charge in [0.1, 0.15) is 4.90 Å². The van der Waals surface area contributed by atoms with Crippen molar-refractivity contribution in [3.8, 4) is 0 Å². The van der Waals surface area contributed by atoms with Crippen LogP contribution in [-0.2, 0) is 14.8 Å². The third-order valence-corrected chi connectivity index (χ3v) is 8.49. The second-order valence-electron chi connectivity index (χ2n) is 7.93. The van der Waals surface area contributed by atoms with Crippen molar-refractivity contribution >= 4 is 44.8 Å². The number of halogens is 2. The Balaban J connectivity index is 1.44. The number of hydrogen-bond acceptors (Lipinski definition) is 5. The lowest BCUT2D eigenvalue weighted by Gasteiger charge is -2.26. The van der Waals surface area contributed by atoms with Crippen molar-refractivity contribution in [1.29, 1.82) is 0 Å². The topological polar surface area (TPSA) is 79.0 Å². The molecule has 0 aliphatic carbocycles. The first-order valence-electron chi connectivity index (χ1n) is 10.5. The fourth-order valence-electron chi connectivity index (χ4n) is 4.03. The first-order valence-corrected chi connectivity index (χ1v) is 12.7. The Morgan fingerprint density at radius 2 is 1.78 bits per heavy atom. The molecule has 0 spiro atoms. The smallest absolute Gasteiger partial charge is 0.252 e. The van der Waals surface area contributed by atoms with E-state index in [4.69, 9.17) is 27.9 Å². The Kier molecular flexibility index (Phi) is 7.27. The van der Waals surface area contributed by atoms with Crippen LogP contribution in [0.5, 0.6) is 0 Å². The average molecular weight is 498 g/mol. The van der Waals surface area contributed by atoms with Crippen molar-refractivity contribution < 1.29 is 17.9 Å². The normalized spacial score (nSPS) is 19.8. The van der Waals surface area contributed by atoms with E-state index in [9.17, 15) is 13.2 Å². The molecule has 2 fully saturated rings. The van der Waals surface area contributed by atoms with Crippen LogP contribution in [0.3, 0.4) is 0 Å². The van der Waals surface area contributed by atoms with Gasteiger partial charge in [0.05, 0.1) is 28.8 Å². The predicted octanol–water partition coefficient (Wildman–Crippen LogP) is 3.27. The summed E-state index contributed by atoms with van der Waals surface area (Å²) >= 11 is 12.5. The number of carbonyl (C=O) groups is 1. The molecule has 7 nitrogen and oxygen atoms in total. The average Bonchev–Trinajstić information content (AvgIpc) is 3.28. The van der Waals surface area contributed by atoms with Crippen LogP contribution in [0, 0.1) is 5.92 Å². The number of nitrogens with one attached hydrogen (secondary N) is 1. The van der Waals surface area contributed by atoms with Gasteiger partial charge in [-0.25, -0.2) is 8.42 Å². The maximum Gasteiger partial charge on any atom is 0.252 e. The zero-order chi connectivity index (χ0) is 22.7. The molecule has 172 valence electrons. The Bertz CT molecular complexity index is 1080. The fraction of sp³-hybridized carbons (Fsp3) is 0.409. The van der Waals surface area contributed by atoms with Gasteiger partial charge in [0.25, 0.3) is 5.91 Å². The van der Waals surface area contributed by atoms with E-state index >= 15 is 0 Å². The van der Waals surface area contributed by atoms with Crippen LogP contribution in [0.4, 0.5) is 5.69 Å². The van der Waals surface area contributed by atoms with Crippen LogP contribution >= 0.6 is 23.2 Å². The highest BCUT2D eigenvalue weighted by atomic mass is 35.5. The molecule has 2 aromatic carbocycles. The summed E-state index contributed by atoms with van der Waals surface area (Å²) in [6.07, 6.45) is 0.959. The highest BCUT2D eigenvalue weighted by Gasteiger charge is 2.30. The first kappa shape index (κ1) is 23.3. The molecule has 1 unspecified atom stereocenters. The van der Waals surface area contributed by atoms with Gasteiger partial charge in [0, 0.05) is 38.4 Å². The zero-order valence-electron chi connectivity index (χ0n) is 17.5. The SMILES string of the molecule is O=C(NCC1CCN(c2ccccc2)C1)c1cc(S(=O)(=O)N2CCOCC2)c(Cl)cc1Cl. The number of sulfonamides is 1. The highest BCUT2D eigenvalue weighted by molar-refractivity contribution is 7.89. The number of hydrogen-bond donors (Lipinski definition) is 1. The second kappa shape index (κ2) is 9.97. The Morgan fingerprint density at radius 3 is 2.50 bits per heavy atom. The Hall–Kier alpha value is -1.84. The molecule has 10 heteroatoms. The summed E-state index contributed by atoms with van der Waals surface area (Å²) in [6.45, 7) is 3.36. The predicted molar refractivity (Wildman–Crippen MR) is 125 cm³/mol. The minimum absolute atomic E-state index is 0.00709. The first-order chi connectivity index (χ1) is 15.4. The highest BCUT2D eigenvalue weighted by Crippen LogP contribution is 2.31. The van der Waals surface area contributed by atoms with Crippen LogP contribution in [0.25, 0.3) is 0 Å². The summed E-state index contributed by atoms with van der Waals surface area (Å²) in [6, 6.07) is 12.7. The molecule has 1 amide bonds. The fourth-order valence-corrected chi connectivity index (χ4v) is 6.27. The van der Waals surface area contributed by atoms with Crippen molar-refractivity contribution in [3.63, 3.8) is 0 Å².